The molecule has 0 aliphatic carbocycles. The second kappa shape index (κ2) is 6.10. The molecule has 0 fully saturated rings. The van der Waals surface area contributed by atoms with Crippen LogP contribution in [0, 0.1) is 10.1 Å². The molecule has 0 aromatic carbocycles. The summed E-state index contributed by atoms with van der Waals surface area (Å²) in [5, 5.41) is 15.8. The number of nitro groups is 1. The van der Waals surface area contributed by atoms with Gasteiger partial charge in [-0.15, -0.1) is 0 Å². The minimum Gasteiger partial charge on any atom is -0.355 e. The van der Waals surface area contributed by atoms with Crippen molar-refractivity contribution >= 4 is 29.0 Å². The largest absolute Gasteiger partial charge is 0.355 e. The second-order valence-electron chi connectivity index (χ2n) is 3.39. The molecule has 0 bridgehead atoms. The van der Waals surface area contributed by atoms with Crippen molar-refractivity contribution < 1.29 is 9.72 Å². The summed E-state index contributed by atoms with van der Waals surface area (Å²) in [7, 11) is 0. The van der Waals surface area contributed by atoms with Crippen LogP contribution in [-0.2, 0) is 4.79 Å². The van der Waals surface area contributed by atoms with Crippen molar-refractivity contribution in [3.8, 4) is 0 Å². The summed E-state index contributed by atoms with van der Waals surface area (Å²) in [6.45, 7) is 3.80. The van der Waals surface area contributed by atoms with Crippen LogP contribution >= 0.6 is 11.6 Å². The summed E-state index contributed by atoms with van der Waals surface area (Å²) in [6, 6.07) is -0.672. The molecule has 1 aromatic heterocycles. The van der Waals surface area contributed by atoms with Gasteiger partial charge in [0.15, 0.2) is 0 Å². The Hall–Kier alpha value is -1.96. The molecule has 8 nitrogen and oxygen atoms in total. The molecular weight excluding hydrogens is 262 g/mol. The smallest absolute Gasteiger partial charge is 0.329 e. The number of hydrogen-bond acceptors (Lipinski definition) is 6. The van der Waals surface area contributed by atoms with Gasteiger partial charge in [-0.1, -0.05) is 0 Å². The van der Waals surface area contributed by atoms with E-state index in [1.54, 1.807) is 13.8 Å². The molecule has 1 amide bonds. The lowest BCUT2D eigenvalue weighted by Crippen LogP contribution is -2.37. The molecule has 0 spiro atoms. The fraction of sp³-hybridized carbons (Fsp3) is 0.444. The Morgan fingerprint density at radius 2 is 2.33 bits per heavy atom. The highest BCUT2D eigenvalue weighted by Gasteiger charge is 2.21. The molecule has 1 atom stereocenters. The van der Waals surface area contributed by atoms with Gasteiger partial charge in [0.2, 0.25) is 17.0 Å². The Morgan fingerprint density at radius 1 is 1.67 bits per heavy atom. The van der Waals surface area contributed by atoms with Gasteiger partial charge in [-0.05, 0) is 25.4 Å². The van der Waals surface area contributed by atoms with Gasteiger partial charge in [-0.3, -0.25) is 14.9 Å². The minimum atomic E-state index is -0.672. The highest BCUT2D eigenvalue weighted by molar-refractivity contribution is 6.28. The lowest BCUT2D eigenvalue weighted by molar-refractivity contribution is -0.384. The minimum absolute atomic E-state index is 0.0845. The van der Waals surface area contributed by atoms with Crippen LogP contribution in [0.4, 0.5) is 11.5 Å². The van der Waals surface area contributed by atoms with Crippen LogP contribution in [0.5, 0.6) is 0 Å². The van der Waals surface area contributed by atoms with Crippen LogP contribution < -0.4 is 10.6 Å². The summed E-state index contributed by atoms with van der Waals surface area (Å²) in [6.07, 6.45) is 0.988. The molecule has 1 unspecified atom stereocenters. The Bertz CT molecular complexity index is 468. The number of anilines is 1. The molecule has 0 saturated carbocycles. The first-order chi connectivity index (χ1) is 8.45. The summed E-state index contributed by atoms with van der Waals surface area (Å²) < 4.78 is 0. The van der Waals surface area contributed by atoms with Gasteiger partial charge < -0.3 is 10.6 Å². The fourth-order valence-corrected chi connectivity index (χ4v) is 1.33. The van der Waals surface area contributed by atoms with E-state index < -0.39 is 11.0 Å². The maximum Gasteiger partial charge on any atom is 0.329 e. The van der Waals surface area contributed by atoms with Crippen molar-refractivity contribution in [3.05, 3.63) is 21.6 Å². The number of carbonyl (C=O) groups is 1. The highest BCUT2D eigenvalue weighted by atomic mass is 35.5. The van der Waals surface area contributed by atoms with E-state index in [4.69, 9.17) is 11.6 Å². The van der Waals surface area contributed by atoms with Crippen molar-refractivity contribution in [2.24, 2.45) is 0 Å². The zero-order chi connectivity index (χ0) is 13.7. The molecule has 0 aliphatic rings. The molecule has 1 aromatic rings. The quantitative estimate of drug-likeness (QED) is 0.470. The molecule has 18 heavy (non-hydrogen) atoms. The molecule has 0 saturated heterocycles. The SMILES string of the molecule is CCNC(=O)C(C)Nc1nc(Cl)ncc1[N+](=O)[O-]. The lowest BCUT2D eigenvalue weighted by atomic mass is 10.3. The van der Waals surface area contributed by atoms with E-state index in [0.29, 0.717) is 6.54 Å². The molecule has 0 radical (unpaired) electrons. The van der Waals surface area contributed by atoms with Crippen molar-refractivity contribution in [3.63, 3.8) is 0 Å². The van der Waals surface area contributed by atoms with Gasteiger partial charge in [0, 0.05) is 6.54 Å². The molecule has 2 N–H and O–H groups in total. The standard InChI is InChI=1S/C9H12ClN5O3/c1-3-11-8(16)5(2)13-7-6(15(17)18)4-12-9(10)14-7/h4-5H,3H2,1-2H3,(H,11,16)(H,12,13,14). The number of carbonyl (C=O) groups excluding carboxylic acids is 1. The summed E-state index contributed by atoms with van der Waals surface area (Å²) in [5.41, 5.74) is -0.337. The first-order valence-corrected chi connectivity index (χ1v) is 5.54. The molecule has 1 heterocycles. The maximum atomic E-state index is 11.5. The number of likely N-dealkylation sites (N-methyl/N-ethyl adjacent to an activating group) is 1. The predicted octanol–water partition coefficient (Wildman–Crippen LogP) is 0.975. The monoisotopic (exact) mass is 273 g/mol. The zero-order valence-corrected chi connectivity index (χ0v) is 10.6. The predicted molar refractivity (Wildman–Crippen MR) is 65.5 cm³/mol. The topological polar surface area (TPSA) is 110 Å². The van der Waals surface area contributed by atoms with Crippen molar-refractivity contribution in [2.75, 3.05) is 11.9 Å². The second-order valence-corrected chi connectivity index (χ2v) is 3.73. The van der Waals surface area contributed by atoms with E-state index in [-0.39, 0.29) is 22.7 Å². The highest BCUT2D eigenvalue weighted by Crippen LogP contribution is 2.22. The number of rotatable bonds is 5. The Balaban J connectivity index is 2.92. The fourth-order valence-electron chi connectivity index (χ4n) is 1.19. The van der Waals surface area contributed by atoms with E-state index in [9.17, 15) is 14.9 Å². The summed E-state index contributed by atoms with van der Waals surface area (Å²) >= 11 is 5.56. The van der Waals surface area contributed by atoms with Crippen LogP contribution in [0.1, 0.15) is 13.8 Å². The molecule has 98 valence electrons. The number of nitrogens with zero attached hydrogens (tertiary/aromatic N) is 3. The van der Waals surface area contributed by atoms with Gasteiger partial charge in [0.25, 0.3) is 0 Å². The van der Waals surface area contributed by atoms with Gasteiger partial charge in [-0.2, -0.15) is 4.98 Å². The number of aromatic nitrogens is 2. The van der Waals surface area contributed by atoms with Crippen molar-refractivity contribution in [1.29, 1.82) is 0 Å². The van der Waals surface area contributed by atoms with E-state index >= 15 is 0 Å². The van der Waals surface area contributed by atoms with E-state index in [2.05, 4.69) is 20.6 Å². The Kier molecular flexibility index (Phi) is 4.78. The van der Waals surface area contributed by atoms with Crippen LogP contribution in [0.25, 0.3) is 0 Å². The van der Waals surface area contributed by atoms with Crippen molar-refractivity contribution in [1.82, 2.24) is 15.3 Å². The van der Waals surface area contributed by atoms with Gasteiger partial charge in [0.05, 0.1) is 4.92 Å². The van der Waals surface area contributed by atoms with Crippen LogP contribution in [0.2, 0.25) is 5.28 Å². The zero-order valence-electron chi connectivity index (χ0n) is 9.81. The molecule has 1 rings (SSSR count). The Labute approximate surface area is 108 Å². The third-order valence-electron chi connectivity index (χ3n) is 2.03. The first kappa shape index (κ1) is 14.1. The molecule has 9 heteroatoms. The van der Waals surface area contributed by atoms with E-state index in [0.717, 1.165) is 6.20 Å². The van der Waals surface area contributed by atoms with Crippen LogP contribution in [0.15, 0.2) is 6.20 Å². The number of nitrogens with one attached hydrogen (secondary N) is 2. The van der Waals surface area contributed by atoms with Crippen molar-refractivity contribution in [2.45, 2.75) is 19.9 Å². The van der Waals surface area contributed by atoms with Gasteiger partial charge >= 0.3 is 5.69 Å². The van der Waals surface area contributed by atoms with Gasteiger partial charge in [0.1, 0.15) is 12.2 Å². The van der Waals surface area contributed by atoms with Crippen LogP contribution in [0.3, 0.4) is 0 Å². The average molecular weight is 274 g/mol. The van der Waals surface area contributed by atoms with Gasteiger partial charge in [-0.25, -0.2) is 4.98 Å². The molecule has 0 aliphatic heterocycles. The lowest BCUT2D eigenvalue weighted by Gasteiger charge is -2.13. The number of halogens is 1. The Morgan fingerprint density at radius 3 is 2.89 bits per heavy atom. The number of amides is 1. The average Bonchev–Trinajstić information content (AvgIpc) is 2.28. The normalized spacial score (nSPS) is 11.7. The third kappa shape index (κ3) is 3.52. The first-order valence-electron chi connectivity index (χ1n) is 5.16. The van der Waals surface area contributed by atoms with E-state index in [1.165, 1.54) is 0 Å². The third-order valence-corrected chi connectivity index (χ3v) is 2.22. The van der Waals surface area contributed by atoms with E-state index in [1.807, 2.05) is 0 Å². The van der Waals surface area contributed by atoms with Crippen LogP contribution in [-0.4, -0.2) is 33.4 Å². The molecular formula is C9H12ClN5O3. The maximum absolute atomic E-state index is 11.5. The summed E-state index contributed by atoms with van der Waals surface area (Å²) in [5.74, 6) is -0.375. The number of hydrogen-bond donors (Lipinski definition) is 2. The summed E-state index contributed by atoms with van der Waals surface area (Å²) in [4.78, 5) is 28.8.